The summed E-state index contributed by atoms with van der Waals surface area (Å²) < 4.78 is 5.79. The van der Waals surface area contributed by atoms with Crippen LogP contribution < -0.4 is 5.32 Å². The summed E-state index contributed by atoms with van der Waals surface area (Å²) in [5.41, 5.74) is -6.87. The molecule has 0 bridgehead atoms. The molecule has 9 nitrogen and oxygen atoms in total. The number of aldehydes is 1. The van der Waals surface area contributed by atoms with E-state index in [9.17, 15) is 35.1 Å². The van der Waals surface area contributed by atoms with Gasteiger partial charge in [0.15, 0.2) is 0 Å². The van der Waals surface area contributed by atoms with Crippen molar-refractivity contribution in [3.05, 3.63) is 23.3 Å². The summed E-state index contributed by atoms with van der Waals surface area (Å²) >= 11 is 0. The van der Waals surface area contributed by atoms with Crippen LogP contribution in [0.4, 0.5) is 0 Å². The zero-order chi connectivity index (χ0) is 31.7. The van der Waals surface area contributed by atoms with Crippen molar-refractivity contribution in [1.82, 2.24) is 5.32 Å². The lowest BCUT2D eigenvalue weighted by Crippen LogP contribution is -2.81. The fourth-order valence-corrected chi connectivity index (χ4v) is 12.9. The zero-order valence-corrected chi connectivity index (χ0v) is 26.6. The number of nitrogens with one attached hydrogen (secondary N) is 1. The normalized spacial score (nSPS) is 54.1. The highest BCUT2D eigenvalue weighted by Crippen LogP contribution is 2.79. The van der Waals surface area contributed by atoms with Crippen LogP contribution in [-0.2, 0) is 14.3 Å². The molecule has 0 amide bonds. The van der Waals surface area contributed by atoms with Gasteiger partial charge in [-0.3, -0.25) is 0 Å². The molecule has 6 N–H and O–H groups in total. The van der Waals surface area contributed by atoms with Crippen LogP contribution in [-0.4, -0.2) is 87.0 Å². The van der Waals surface area contributed by atoms with E-state index in [1.807, 2.05) is 20.0 Å². The number of ether oxygens (including phenoxy) is 1. The molecule has 13 atom stereocenters. The lowest BCUT2D eigenvalue weighted by Gasteiger charge is -2.72. The molecule has 7 aliphatic rings. The quantitative estimate of drug-likeness (QED) is 0.155. The van der Waals surface area contributed by atoms with E-state index in [0.717, 1.165) is 18.3 Å². The molecule has 6 aliphatic carbocycles. The first kappa shape index (κ1) is 31.0. The molecule has 0 radical (unpaired) electrons. The van der Waals surface area contributed by atoms with E-state index in [2.05, 4.69) is 19.2 Å². The van der Waals surface area contributed by atoms with Crippen molar-refractivity contribution in [3.63, 3.8) is 0 Å². The number of esters is 1. The van der Waals surface area contributed by atoms with E-state index in [4.69, 9.17) is 4.74 Å². The van der Waals surface area contributed by atoms with Crippen LogP contribution in [0.15, 0.2) is 23.3 Å². The topological polar surface area (TPSA) is 157 Å². The van der Waals surface area contributed by atoms with Gasteiger partial charge in [-0.25, -0.2) is 4.79 Å². The highest BCUT2D eigenvalue weighted by atomic mass is 16.5. The predicted molar refractivity (Wildman–Crippen MR) is 161 cm³/mol. The van der Waals surface area contributed by atoms with Gasteiger partial charge in [0.1, 0.15) is 18.0 Å². The number of aliphatic hydroxyl groups is 5. The minimum Gasteiger partial charge on any atom is -0.450 e. The van der Waals surface area contributed by atoms with E-state index in [-0.39, 0.29) is 37.7 Å². The summed E-state index contributed by atoms with van der Waals surface area (Å²) in [5, 5.41) is 65.4. The summed E-state index contributed by atoms with van der Waals surface area (Å²) in [5.74, 6) is -1.98. The second kappa shape index (κ2) is 9.71. The smallest absolute Gasteiger partial charge is 0.331 e. The first-order chi connectivity index (χ1) is 20.7. The Morgan fingerprint density at radius 1 is 1.11 bits per heavy atom. The Morgan fingerprint density at radius 2 is 1.86 bits per heavy atom. The number of hydrogen-bond donors (Lipinski definition) is 6. The second-order valence-electron chi connectivity index (χ2n) is 16.3. The fraction of sp³-hybridized carbons (Fsp3) is 0.829. The van der Waals surface area contributed by atoms with E-state index in [0.29, 0.717) is 50.1 Å². The van der Waals surface area contributed by atoms with Crippen LogP contribution in [0.2, 0.25) is 0 Å². The van der Waals surface area contributed by atoms with Crippen molar-refractivity contribution in [2.75, 3.05) is 20.2 Å². The maximum Gasteiger partial charge on any atom is 0.331 e. The molecule has 13 unspecified atom stereocenters. The number of carbonyl (C=O) groups is 2. The molecular weight excluding hydrogens is 562 g/mol. The van der Waals surface area contributed by atoms with Gasteiger partial charge in [0, 0.05) is 35.3 Å². The van der Waals surface area contributed by atoms with E-state index in [1.165, 1.54) is 6.08 Å². The highest BCUT2D eigenvalue weighted by Gasteiger charge is 2.84. The molecule has 9 heteroatoms. The average molecular weight is 614 g/mol. The van der Waals surface area contributed by atoms with Gasteiger partial charge < -0.3 is 40.4 Å². The Labute approximate surface area is 260 Å². The zero-order valence-electron chi connectivity index (χ0n) is 26.6. The monoisotopic (exact) mass is 613 g/mol. The van der Waals surface area contributed by atoms with Crippen LogP contribution in [0.25, 0.3) is 0 Å². The Balaban J connectivity index is 1.42. The van der Waals surface area contributed by atoms with Gasteiger partial charge in [-0.2, -0.15) is 0 Å². The minimum atomic E-state index is -1.74. The third-order valence-corrected chi connectivity index (χ3v) is 15.0. The Bertz CT molecular complexity index is 1310. The van der Waals surface area contributed by atoms with Crippen LogP contribution >= 0.6 is 0 Å². The van der Waals surface area contributed by atoms with Crippen LogP contribution in [0, 0.1) is 51.8 Å². The summed E-state index contributed by atoms with van der Waals surface area (Å²) in [6.07, 6.45) is 6.73. The fourth-order valence-electron chi connectivity index (χ4n) is 12.9. The van der Waals surface area contributed by atoms with Gasteiger partial charge in [0.25, 0.3) is 0 Å². The molecule has 0 spiro atoms. The minimum absolute atomic E-state index is 0.113. The van der Waals surface area contributed by atoms with Crippen LogP contribution in [0.1, 0.15) is 78.6 Å². The largest absolute Gasteiger partial charge is 0.450 e. The van der Waals surface area contributed by atoms with Crippen molar-refractivity contribution in [2.45, 2.75) is 108 Å². The molecule has 0 saturated heterocycles. The first-order valence-electron chi connectivity index (χ1n) is 16.9. The number of rotatable bonds is 5. The van der Waals surface area contributed by atoms with Crippen molar-refractivity contribution in [1.29, 1.82) is 0 Å². The summed E-state index contributed by atoms with van der Waals surface area (Å²) in [6.45, 7) is 6.42. The molecule has 0 aromatic rings. The van der Waals surface area contributed by atoms with Crippen LogP contribution in [0.3, 0.4) is 0 Å². The number of carbonyl (C=O) groups excluding carboxylic acids is 2. The molecule has 5 fully saturated rings. The molecule has 1 aliphatic heterocycles. The molecule has 0 aromatic carbocycles. The van der Waals surface area contributed by atoms with Crippen LogP contribution in [0.5, 0.6) is 0 Å². The summed E-state index contributed by atoms with van der Waals surface area (Å²) in [6, 6.07) is 0. The molecule has 0 aromatic heterocycles. The first-order valence-corrected chi connectivity index (χ1v) is 16.9. The van der Waals surface area contributed by atoms with Crippen molar-refractivity contribution in [3.8, 4) is 0 Å². The predicted octanol–water partition coefficient (Wildman–Crippen LogP) is 2.04. The molecular formula is C35H51NO8. The molecule has 44 heavy (non-hydrogen) atoms. The average Bonchev–Trinajstić information content (AvgIpc) is 3.40. The van der Waals surface area contributed by atoms with Crippen molar-refractivity contribution in [2.24, 2.45) is 51.8 Å². The van der Waals surface area contributed by atoms with Gasteiger partial charge in [0.2, 0.25) is 0 Å². The van der Waals surface area contributed by atoms with E-state index in [1.54, 1.807) is 0 Å². The maximum absolute atomic E-state index is 13.6. The Morgan fingerprint density at radius 3 is 2.52 bits per heavy atom. The SMILES string of the molecule is CNCC1=CC2CC3(O)C4(O)CC5CC(C(C)C)CCC6C(O)CCC(C=O)(C4CCC3(C)C2(CO)C2=CC(=O)OC12)C56O. The van der Waals surface area contributed by atoms with Gasteiger partial charge in [-0.1, -0.05) is 26.8 Å². The van der Waals surface area contributed by atoms with E-state index >= 15 is 0 Å². The summed E-state index contributed by atoms with van der Waals surface area (Å²) in [7, 11) is 1.82. The Kier molecular flexibility index (Phi) is 6.84. The van der Waals surface area contributed by atoms with Gasteiger partial charge >= 0.3 is 5.97 Å². The lowest BCUT2D eigenvalue weighted by molar-refractivity contribution is -0.345. The maximum atomic E-state index is 13.6. The lowest BCUT2D eigenvalue weighted by atomic mass is 9.35. The molecule has 5 saturated carbocycles. The molecule has 244 valence electrons. The van der Waals surface area contributed by atoms with Gasteiger partial charge in [-0.05, 0) is 99.7 Å². The van der Waals surface area contributed by atoms with E-state index < -0.39 is 69.0 Å². The highest BCUT2D eigenvalue weighted by molar-refractivity contribution is 5.87. The number of likely N-dealkylation sites (N-methyl/N-ethyl adjacent to an activating group) is 1. The van der Waals surface area contributed by atoms with Gasteiger partial charge in [0.05, 0.1) is 29.3 Å². The number of fused-ring (bicyclic) bond motifs is 8. The van der Waals surface area contributed by atoms with Crippen molar-refractivity contribution < 1.29 is 39.9 Å². The van der Waals surface area contributed by atoms with Crippen molar-refractivity contribution >= 4 is 12.3 Å². The molecule has 7 rings (SSSR count). The number of aliphatic hydroxyl groups excluding tert-OH is 2. The number of allylic oxidation sites excluding steroid dienone is 1. The standard InChI is InChI=1S/C35H51NO8/c1-19(2)20-5-6-24-26(39)7-10-31(17-37)27-8-9-30(3)32(18-38)22(12-21(16-36-4)29-25(32)13-28(40)44-29)15-34(30,42)33(27,41)14-23(11-20)35(24,31)43/h12-13,17,19-20,22-24,26-27,29,36,38-39,41-43H,5-11,14-16,18H2,1-4H3. The molecule has 1 heterocycles. The second-order valence-corrected chi connectivity index (χ2v) is 16.3. The number of hydrogen-bond acceptors (Lipinski definition) is 9. The summed E-state index contributed by atoms with van der Waals surface area (Å²) in [4.78, 5) is 26.3. The third-order valence-electron chi connectivity index (χ3n) is 15.0. The third kappa shape index (κ3) is 3.27. The Hall–Kier alpha value is -1.62. The van der Waals surface area contributed by atoms with Gasteiger partial charge in [-0.15, -0.1) is 0 Å².